The summed E-state index contributed by atoms with van der Waals surface area (Å²) in [4.78, 5) is 12.3. The smallest absolute Gasteiger partial charge is 0.313 e. The average molecular weight is 322 g/mol. The Labute approximate surface area is 144 Å². The zero-order chi connectivity index (χ0) is 16.7. The van der Waals surface area contributed by atoms with E-state index in [1.54, 1.807) is 0 Å². The molecule has 2 fully saturated rings. The van der Waals surface area contributed by atoms with Crippen molar-refractivity contribution < 1.29 is 9.53 Å². The second kappa shape index (κ2) is 6.23. The first-order chi connectivity index (χ1) is 11.6. The van der Waals surface area contributed by atoms with Gasteiger partial charge in [0.1, 0.15) is 6.10 Å². The van der Waals surface area contributed by atoms with E-state index >= 15 is 0 Å². The van der Waals surface area contributed by atoms with Gasteiger partial charge in [0.15, 0.2) is 0 Å². The lowest BCUT2D eigenvalue weighted by molar-refractivity contribution is -0.142. The Morgan fingerprint density at radius 2 is 2.12 bits per heavy atom. The van der Waals surface area contributed by atoms with E-state index in [0.717, 1.165) is 6.42 Å². The summed E-state index contributed by atoms with van der Waals surface area (Å²) in [6.45, 7) is 4.19. The molecule has 0 spiro atoms. The summed E-state index contributed by atoms with van der Waals surface area (Å²) < 4.78 is 5.60. The van der Waals surface area contributed by atoms with Crippen LogP contribution in [0.15, 0.2) is 42.0 Å². The second-order valence-corrected chi connectivity index (χ2v) is 7.69. The normalized spacial score (nSPS) is 35.3. The number of aryl methyl sites for hydroxylation is 1. The van der Waals surface area contributed by atoms with E-state index in [9.17, 15) is 4.79 Å². The van der Waals surface area contributed by atoms with E-state index in [2.05, 4.69) is 56.3 Å². The number of rotatable bonds is 2. The molecule has 0 N–H and O–H groups in total. The van der Waals surface area contributed by atoms with Crippen molar-refractivity contribution in [1.29, 1.82) is 0 Å². The number of esters is 1. The quantitative estimate of drug-likeness (QED) is 0.570. The Hall–Kier alpha value is -1.83. The van der Waals surface area contributed by atoms with Crippen LogP contribution in [-0.2, 0) is 9.53 Å². The monoisotopic (exact) mass is 322 g/mol. The van der Waals surface area contributed by atoms with Gasteiger partial charge >= 0.3 is 5.97 Å². The van der Waals surface area contributed by atoms with Gasteiger partial charge in [-0.1, -0.05) is 60.1 Å². The van der Waals surface area contributed by atoms with Gasteiger partial charge in [-0.2, -0.15) is 0 Å². The number of ether oxygens (including phenoxy) is 1. The highest BCUT2D eigenvalue weighted by Crippen LogP contribution is 2.50. The maximum absolute atomic E-state index is 12.3. The van der Waals surface area contributed by atoms with Crippen LogP contribution in [0, 0.1) is 30.6 Å². The number of carbonyl (C=O) groups is 1. The highest BCUT2D eigenvalue weighted by Gasteiger charge is 2.50. The van der Waals surface area contributed by atoms with Crippen molar-refractivity contribution in [3.05, 3.63) is 53.1 Å². The van der Waals surface area contributed by atoms with Crippen molar-refractivity contribution >= 4 is 12.0 Å². The summed E-state index contributed by atoms with van der Waals surface area (Å²) in [6, 6.07) is 8.60. The molecular formula is C22H26O2. The van der Waals surface area contributed by atoms with Gasteiger partial charge in [0, 0.05) is 5.92 Å². The molecule has 1 saturated carbocycles. The number of cyclic esters (lactones) is 1. The Bertz CT molecular complexity index is 700. The maximum Gasteiger partial charge on any atom is 0.313 e. The van der Waals surface area contributed by atoms with Gasteiger partial charge in [-0.05, 0) is 50.5 Å². The van der Waals surface area contributed by atoms with Crippen molar-refractivity contribution in [2.45, 2.75) is 45.6 Å². The van der Waals surface area contributed by atoms with Crippen LogP contribution < -0.4 is 0 Å². The van der Waals surface area contributed by atoms with Crippen LogP contribution in [0.4, 0.5) is 0 Å². The van der Waals surface area contributed by atoms with Gasteiger partial charge in [0.25, 0.3) is 0 Å². The topological polar surface area (TPSA) is 26.3 Å². The van der Waals surface area contributed by atoms with Gasteiger partial charge in [-0.3, -0.25) is 4.79 Å². The summed E-state index contributed by atoms with van der Waals surface area (Å²) in [7, 11) is 0. The fourth-order valence-electron chi connectivity index (χ4n) is 4.99. The zero-order valence-corrected chi connectivity index (χ0v) is 14.6. The van der Waals surface area contributed by atoms with Crippen LogP contribution in [-0.4, -0.2) is 12.1 Å². The molecule has 126 valence electrons. The molecule has 0 unspecified atom stereocenters. The lowest BCUT2D eigenvalue weighted by atomic mass is 9.62. The molecule has 1 aromatic rings. The molecule has 2 nitrogen and oxygen atoms in total. The Kier molecular flexibility index (Phi) is 4.07. The summed E-state index contributed by atoms with van der Waals surface area (Å²) in [5.41, 5.74) is 4.04. The van der Waals surface area contributed by atoms with Crippen molar-refractivity contribution in [3.8, 4) is 0 Å². The lowest BCUT2D eigenvalue weighted by Gasteiger charge is -2.40. The number of hydrogen-bond donors (Lipinski definition) is 0. The largest absolute Gasteiger partial charge is 0.462 e. The van der Waals surface area contributed by atoms with Crippen molar-refractivity contribution in [3.63, 3.8) is 0 Å². The van der Waals surface area contributed by atoms with Crippen LogP contribution in [0.2, 0.25) is 0 Å². The van der Waals surface area contributed by atoms with Crippen LogP contribution in [0.5, 0.6) is 0 Å². The summed E-state index contributed by atoms with van der Waals surface area (Å²) in [6.07, 6.45) is 11.9. The predicted octanol–water partition coefficient (Wildman–Crippen LogP) is 4.93. The van der Waals surface area contributed by atoms with E-state index in [1.807, 2.05) is 0 Å². The third-order valence-corrected chi connectivity index (χ3v) is 6.09. The maximum atomic E-state index is 12.3. The van der Waals surface area contributed by atoms with Crippen molar-refractivity contribution in [2.24, 2.45) is 23.7 Å². The minimum Gasteiger partial charge on any atom is -0.462 e. The SMILES string of the molecule is Cc1cccc(/C=C/[C@@H]2[C@@H]3[C@@H](C)OC(=O)[C@@H]3C=C3CCCC[C@H]32)c1. The molecule has 2 heteroatoms. The highest BCUT2D eigenvalue weighted by molar-refractivity contribution is 5.78. The van der Waals surface area contributed by atoms with Gasteiger partial charge in [-0.25, -0.2) is 0 Å². The summed E-state index contributed by atoms with van der Waals surface area (Å²) in [5.74, 6) is 1.26. The van der Waals surface area contributed by atoms with Gasteiger partial charge in [0.05, 0.1) is 5.92 Å². The fourth-order valence-corrected chi connectivity index (χ4v) is 4.99. The van der Waals surface area contributed by atoms with Crippen molar-refractivity contribution in [1.82, 2.24) is 0 Å². The van der Waals surface area contributed by atoms with Crippen molar-refractivity contribution in [2.75, 3.05) is 0 Å². The van der Waals surface area contributed by atoms with Crippen LogP contribution in [0.1, 0.15) is 43.7 Å². The molecule has 1 saturated heterocycles. The lowest BCUT2D eigenvalue weighted by Crippen LogP contribution is -2.37. The van der Waals surface area contributed by atoms with E-state index < -0.39 is 0 Å². The molecule has 24 heavy (non-hydrogen) atoms. The number of allylic oxidation sites excluding steroid dienone is 2. The molecule has 4 rings (SSSR count). The first-order valence-corrected chi connectivity index (χ1v) is 9.29. The van der Waals surface area contributed by atoms with Gasteiger partial charge in [0.2, 0.25) is 0 Å². The van der Waals surface area contributed by atoms with E-state index in [4.69, 9.17) is 4.74 Å². The molecular weight excluding hydrogens is 296 g/mol. The molecule has 0 amide bonds. The van der Waals surface area contributed by atoms with Crippen LogP contribution >= 0.6 is 0 Å². The molecule has 5 atom stereocenters. The van der Waals surface area contributed by atoms with Crippen LogP contribution in [0.3, 0.4) is 0 Å². The fraction of sp³-hybridized carbons (Fsp3) is 0.500. The molecule has 0 radical (unpaired) electrons. The molecule has 1 aromatic carbocycles. The van der Waals surface area contributed by atoms with E-state index in [1.165, 1.54) is 36.0 Å². The third-order valence-electron chi connectivity index (χ3n) is 6.09. The first-order valence-electron chi connectivity index (χ1n) is 9.29. The van der Waals surface area contributed by atoms with Crippen LogP contribution in [0.25, 0.3) is 6.08 Å². The molecule has 2 aliphatic carbocycles. The minimum absolute atomic E-state index is 0.0158. The van der Waals surface area contributed by atoms with Gasteiger partial charge in [-0.15, -0.1) is 0 Å². The molecule has 3 aliphatic rings. The molecule has 1 aliphatic heterocycles. The van der Waals surface area contributed by atoms with E-state index in [0.29, 0.717) is 17.8 Å². The highest BCUT2D eigenvalue weighted by atomic mass is 16.6. The molecule has 0 bridgehead atoms. The predicted molar refractivity (Wildman–Crippen MR) is 96.3 cm³/mol. The molecule has 1 heterocycles. The minimum atomic E-state index is -0.0310. The number of hydrogen-bond acceptors (Lipinski definition) is 2. The Morgan fingerprint density at radius 1 is 1.25 bits per heavy atom. The summed E-state index contributed by atoms with van der Waals surface area (Å²) >= 11 is 0. The second-order valence-electron chi connectivity index (χ2n) is 7.69. The Morgan fingerprint density at radius 3 is 2.96 bits per heavy atom. The first kappa shape index (κ1) is 15.7. The number of carbonyl (C=O) groups excluding carboxylic acids is 1. The number of fused-ring (bicyclic) bond motifs is 2. The molecule has 0 aromatic heterocycles. The standard InChI is InChI=1S/C22H26O2/c1-14-6-5-7-16(12-14)10-11-19-18-9-4-3-8-17(18)13-20-21(19)15(2)24-22(20)23/h5-7,10-13,15,18-21H,3-4,8-9H2,1-2H3/b11-10+/t15-,18-,19+,20-,21+/m1/s1. The number of benzene rings is 1. The summed E-state index contributed by atoms with van der Waals surface area (Å²) in [5, 5.41) is 0. The van der Waals surface area contributed by atoms with Gasteiger partial charge < -0.3 is 4.74 Å². The average Bonchev–Trinajstić information content (AvgIpc) is 2.86. The zero-order valence-electron chi connectivity index (χ0n) is 14.6. The van der Waals surface area contributed by atoms with E-state index in [-0.39, 0.29) is 18.0 Å². The Balaban J connectivity index is 1.68. The third kappa shape index (κ3) is 2.72.